The van der Waals surface area contributed by atoms with Crippen LogP contribution in [0.5, 0.6) is 5.75 Å². The van der Waals surface area contributed by atoms with Crippen LogP contribution in [0.1, 0.15) is 12.0 Å². The molecule has 0 saturated carbocycles. The van der Waals surface area contributed by atoms with Gasteiger partial charge >= 0.3 is 0 Å². The van der Waals surface area contributed by atoms with Gasteiger partial charge in [0, 0.05) is 17.7 Å². The summed E-state index contributed by atoms with van der Waals surface area (Å²) >= 11 is 5.76. The minimum absolute atomic E-state index is 0.0448. The molecule has 0 aliphatic rings. The summed E-state index contributed by atoms with van der Waals surface area (Å²) in [5.74, 6) is -8.70. The quantitative estimate of drug-likeness (QED) is 0.392. The molecule has 4 nitrogen and oxygen atoms in total. The molecular weight excluding hydrogens is 390 g/mol. The number of benzene rings is 2. The van der Waals surface area contributed by atoms with Crippen LogP contribution in [-0.2, 0) is 16.1 Å². The fourth-order valence-electron chi connectivity index (χ4n) is 2.07. The van der Waals surface area contributed by atoms with E-state index in [2.05, 4.69) is 4.74 Å². The zero-order valence-corrected chi connectivity index (χ0v) is 14.7. The highest BCUT2D eigenvalue weighted by Crippen LogP contribution is 2.26. The smallest absolute Gasteiger partial charge is 0.203 e. The van der Waals surface area contributed by atoms with Crippen LogP contribution in [-0.4, -0.2) is 25.0 Å². The Kier molecular flexibility index (Phi) is 7.58. The summed E-state index contributed by atoms with van der Waals surface area (Å²) in [6.07, 6.45) is 0.123. The number of ketones is 1. The molecule has 0 amide bonds. The molecule has 0 saturated heterocycles. The van der Waals surface area contributed by atoms with Crippen LogP contribution in [0.2, 0.25) is 5.02 Å². The second-order valence-corrected chi connectivity index (χ2v) is 6.06. The third-order valence-electron chi connectivity index (χ3n) is 3.60. The first-order valence-electron chi connectivity index (χ1n) is 7.86. The molecule has 2 aromatic carbocycles. The van der Waals surface area contributed by atoms with Gasteiger partial charge in [-0.2, -0.15) is 8.78 Å². The molecule has 0 fully saturated rings. The summed E-state index contributed by atoms with van der Waals surface area (Å²) in [5.41, 5.74) is 6.53. The average molecular weight is 406 g/mol. The lowest BCUT2D eigenvalue weighted by molar-refractivity contribution is -0.122. The number of Topliss-reactive ketones (excluding diaryl/α,β-unsaturated/α-hetero) is 1. The van der Waals surface area contributed by atoms with Crippen molar-refractivity contribution in [1.29, 1.82) is 0 Å². The number of rotatable bonds is 9. The molecule has 1 unspecified atom stereocenters. The number of carbonyl (C=O) groups is 1. The number of hydrogen-bond acceptors (Lipinski definition) is 4. The van der Waals surface area contributed by atoms with E-state index in [9.17, 15) is 22.4 Å². The predicted octanol–water partition coefficient (Wildman–Crippen LogP) is 3.78. The number of ether oxygens (including phenoxy) is 2. The Hall–Kier alpha value is -2.16. The second kappa shape index (κ2) is 9.68. The number of carbonyl (C=O) groups excluding carboxylic acids is 1. The van der Waals surface area contributed by atoms with Crippen molar-refractivity contribution in [2.45, 2.75) is 19.1 Å². The lowest BCUT2D eigenvalue weighted by atomic mass is 10.1. The van der Waals surface area contributed by atoms with Gasteiger partial charge in [-0.05, 0) is 24.1 Å². The van der Waals surface area contributed by atoms with E-state index in [0.717, 1.165) is 5.56 Å². The summed E-state index contributed by atoms with van der Waals surface area (Å²) < 4.78 is 63.0. The van der Waals surface area contributed by atoms with Gasteiger partial charge in [0.1, 0.15) is 6.61 Å². The molecule has 0 heterocycles. The van der Waals surface area contributed by atoms with Crippen molar-refractivity contribution in [3.05, 3.63) is 64.2 Å². The minimum atomic E-state index is -1.72. The van der Waals surface area contributed by atoms with Crippen LogP contribution in [0.25, 0.3) is 0 Å². The molecule has 0 aliphatic heterocycles. The maximum Gasteiger partial charge on any atom is 0.203 e. The molecule has 0 aliphatic carbocycles. The van der Waals surface area contributed by atoms with Crippen LogP contribution in [0, 0.1) is 23.3 Å². The van der Waals surface area contributed by atoms with Gasteiger partial charge in [-0.3, -0.25) is 4.79 Å². The third-order valence-corrected chi connectivity index (χ3v) is 3.85. The zero-order chi connectivity index (χ0) is 20.0. The van der Waals surface area contributed by atoms with Gasteiger partial charge in [-0.25, -0.2) is 8.78 Å². The van der Waals surface area contributed by atoms with Crippen molar-refractivity contribution in [2.24, 2.45) is 5.73 Å². The molecule has 146 valence electrons. The topological polar surface area (TPSA) is 61.5 Å². The Morgan fingerprint density at radius 2 is 1.67 bits per heavy atom. The summed E-state index contributed by atoms with van der Waals surface area (Å²) in [7, 11) is 0. The van der Waals surface area contributed by atoms with E-state index in [0.29, 0.717) is 5.02 Å². The maximum absolute atomic E-state index is 13.5. The van der Waals surface area contributed by atoms with Crippen molar-refractivity contribution < 1.29 is 31.8 Å². The van der Waals surface area contributed by atoms with Crippen LogP contribution in [0.15, 0.2) is 30.3 Å². The second-order valence-electron chi connectivity index (χ2n) is 5.63. The SMILES string of the molecule is NC(CCOCc1ccc(Cl)cc1)C(=O)COc1c(F)c(F)cc(F)c1F. The van der Waals surface area contributed by atoms with E-state index in [1.54, 1.807) is 24.3 Å². The molecule has 1 atom stereocenters. The molecule has 27 heavy (non-hydrogen) atoms. The fourth-order valence-corrected chi connectivity index (χ4v) is 2.20. The van der Waals surface area contributed by atoms with Crippen LogP contribution in [0.4, 0.5) is 17.6 Å². The Bertz CT molecular complexity index is 776. The first-order chi connectivity index (χ1) is 12.8. The largest absolute Gasteiger partial charge is 0.479 e. The summed E-state index contributed by atoms with van der Waals surface area (Å²) in [4.78, 5) is 11.9. The summed E-state index contributed by atoms with van der Waals surface area (Å²) in [5, 5.41) is 0.595. The normalized spacial score (nSPS) is 12.1. The van der Waals surface area contributed by atoms with Crippen LogP contribution >= 0.6 is 11.6 Å². The molecular formula is C18H16ClF4NO3. The predicted molar refractivity (Wildman–Crippen MR) is 90.5 cm³/mol. The van der Waals surface area contributed by atoms with E-state index in [4.69, 9.17) is 22.1 Å². The van der Waals surface area contributed by atoms with E-state index in [1.165, 1.54) is 0 Å². The van der Waals surface area contributed by atoms with Gasteiger partial charge in [0.15, 0.2) is 23.2 Å². The van der Waals surface area contributed by atoms with Gasteiger partial charge in [0.25, 0.3) is 0 Å². The highest BCUT2D eigenvalue weighted by Gasteiger charge is 2.22. The lowest BCUT2D eigenvalue weighted by Gasteiger charge is -2.13. The molecule has 0 spiro atoms. The van der Waals surface area contributed by atoms with Crippen LogP contribution < -0.4 is 10.5 Å². The molecule has 9 heteroatoms. The number of nitrogens with two attached hydrogens (primary N) is 1. The Morgan fingerprint density at radius 1 is 1.07 bits per heavy atom. The Morgan fingerprint density at radius 3 is 2.26 bits per heavy atom. The van der Waals surface area contributed by atoms with Crippen molar-refractivity contribution in [3.63, 3.8) is 0 Å². The maximum atomic E-state index is 13.5. The third kappa shape index (κ3) is 5.92. The van der Waals surface area contributed by atoms with Crippen molar-refractivity contribution >= 4 is 17.4 Å². The van der Waals surface area contributed by atoms with E-state index < -0.39 is 47.5 Å². The number of hydrogen-bond donors (Lipinski definition) is 1. The van der Waals surface area contributed by atoms with Gasteiger partial charge in [0.2, 0.25) is 11.6 Å². The molecule has 2 N–H and O–H groups in total. The highest BCUT2D eigenvalue weighted by molar-refractivity contribution is 6.30. The molecule has 0 bridgehead atoms. The Balaban J connectivity index is 1.78. The summed E-state index contributed by atoms with van der Waals surface area (Å²) in [6.45, 7) is -0.407. The fraction of sp³-hybridized carbons (Fsp3) is 0.278. The Labute approximate surface area is 157 Å². The average Bonchev–Trinajstić information content (AvgIpc) is 2.64. The van der Waals surface area contributed by atoms with Crippen molar-refractivity contribution in [3.8, 4) is 5.75 Å². The monoisotopic (exact) mass is 405 g/mol. The van der Waals surface area contributed by atoms with E-state index in [-0.39, 0.29) is 25.7 Å². The zero-order valence-electron chi connectivity index (χ0n) is 14.0. The highest BCUT2D eigenvalue weighted by atomic mass is 35.5. The lowest BCUT2D eigenvalue weighted by Crippen LogP contribution is -2.35. The molecule has 0 radical (unpaired) electrons. The minimum Gasteiger partial charge on any atom is -0.479 e. The standard InChI is InChI=1S/C18H16ClF4NO3/c19-11-3-1-10(2-4-11)8-26-6-5-14(24)15(25)9-27-18-16(22)12(20)7-13(21)17(18)23/h1-4,7,14H,5-6,8-9,24H2. The van der Waals surface area contributed by atoms with Crippen LogP contribution in [0.3, 0.4) is 0 Å². The van der Waals surface area contributed by atoms with Gasteiger partial charge in [-0.1, -0.05) is 23.7 Å². The number of halogens is 5. The van der Waals surface area contributed by atoms with Gasteiger partial charge in [0.05, 0.1) is 12.6 Å². The van der Waals surface area contributed by atoms with E-state index in [1.807, 2.05) is 0 Å². The molecule has 0 aromatic heterocycles. The van der Waals surface area contributed by atoms with Gasteiger partial charge < -0.3 is 15.2 Å². The summed E-state index contributed by atoms with van der Waals surface area (Å²) in [6, 6.07) is 5.99. The van der Waals surface area contributed by atoms with Crippen molar-refractivity contribution in [2.75, 3.05) is 13.2 Å². The first kappa shape index (κ1) is 21.1. The van der Waals surface area contributed by atoms with E-state index >= 15 is 0 Å². The van der Waals surface area contributed by atoms with Gasteiger partial charge in [-0.15, -0.1) is 0 Å². The molecule has 2 aromatic rings. The molecule has 2 rings (SSSR count). The van der Waals surface area contributed by atoms with Crippen molar-refractivity contribution in [1.82, 2.24) is 0 Å². The first-order valence-corrected chi connectivity index (χ1v) is 8.23.